The normalized spacial score (nSPS) is 19.2. The van der Waals surface area contributed by atoms with Gasteiger partial charge in [0.15, 0.2) is 0 Å². The molecule has 2 fully saturated rings. The van der Waals surface area contributed by atoms with E-state index in [2.05, 4.69) is 15.3 Å². The Hall–Kier alpha value is -1.86. The topological polar surface area (TPSA) is 75.2 Å². The quantitative estimate of drug-likeness (QED) is 0.809. The van der Waals surface area contributed by atoms with E-state index >= 15 is 0 Å². The van der Waals surface area contributed by atoms with Crippen LogP contribution >= 0.6 is 11.6 Å². The van der Waals surface area contributed by atoms with Crippen molar-refractivity contribution in [1.29, 1.82) is 0 Å². The molecule has 0 radical (unpaired) electrons. The fraction of sp³-hybridized carbons (Fsp3) is 0.412. The molecule has 0 unspecified atom stereocenters. The number of anilines is 2. The number of benzene rings is 1. The van der Waals surface area contributed by atoms with Crippen molar-refractivity contribution < 1.29 is 8.42 Å². The second-order valence-corrected chi connectivity index (χ2v) is 8.87. The number of nitrogens with one attached hydrogen (secondary N) is 1. The molecule has 2 aromatic rings. The van der Waals surface area contributed by atoms with Crippen LogP contribution in [0.3, 0.4) is 0 Å². The van der Waals surface area contributed by atoms with Gasteiger partial charge in [0.25, 0.3) is 0 Å². The Kier molecular flexibility index (Phi) is 4.29. The largest absolute Gasteiger partial charge is 0.366 e. The van der Waals surface area contributed by atoms with Crippen molar-refractivity contribution in [3.63, 3.8) is 0 Å². The standard InChI is InChI=1S/C17H19ClN4O2S/c18-15-10-16(21-17(20-15)13-5-6-13)19-11-12-3-1-4-14(9-12)22-7-2-8-25(22,23)24/h1,3-4,9-10,13H,2,5-8,11H2,(H,19,20,21). The van der Waals surface area contributed by atoms with Crippen LogP contribution in [0.25, 0.3) is 0 Å². The fourth-order valence-corrected chi connectivity index (χ4v) is 4.74. The van der Waals surface area contributed by atoms with Gasteiger partial charge in [-0.15, -0.1) is 0 Å². The first-order chi connectivity index (χ1) is 12.0. The van der Waals surface area contributed by atoms with Crippen LogP contribution in [-0.2, 0) is 16.6 Å². The number of hydrogen-bond donors (Lipinski definition) is 1. The van der Waals surface area contributed by atoms with E-state index in [9.17, 15) is 8.42 Å². The smallest absolute Gasteiger partial charge is 0.235 e. The van der Waals surface area contributed by atoms with Crippen LogP contribution in [0.2, 0.25) is 5.15 Å². The van der Waals surface area contributed by atoms with Crippen LogP contribution in [0.5, 0.6) is 0 Å². The van der Waals surface area contributed by atoms with Crippen molar-refractivity contribution >= 4 is 33.1 Å². The number of nitrogens with zero attached hydrogens (tertiary/aromatic N) is 3. The first-order valence-corrected chi connectivity index (χ1v) is 10.4. The Morgan fingerprint density at radius 3 is 2.80 bits per heavy atom. The van der Waals surface area contributed by atoms with Crippen LogP contribution < -0.4 is 9.62 Å². The van der Waals surface area contributed by atoms with Gasteiger partial charge in [-0.25, -0.2) is 18.4 Å². The van der Waals surface area contributed by atoms with Crippen LogP contribution in [-0.4, -0.2) is 30.7 Å². The molecule has 1 aromatic carbocycles. The number of hydrogen-bond acceptors (Lipinski definition) is 5. The predicted molar refractivity (Wildman–Crippen MR) is 98.5 cm³/mol. The predicted octanol–water partition coefficient (Wildman–Crippen LogP) is 3.16. The Morgan fingerprint density at radius 1 is 1.24 bits per heavy atom. The molecule has 1 saturated heterocycles. The summed E-state index contributed by atoms with van der Waals surface area (Å²) in [5.74, 6) is 2.15. The highest BCUT2D eigenvalue weighted by molar-refractivity contribution is 7.93. The molecule has 0 atom stereocenters. The highest BCUT2D eigenvalue weighted by Crippen LogP contribution is 2.38. The SMILES string of the molecule is O=S1(=O)CCCN1c1cccc(CNc2cc(Cl)nc(C3CC3)n2)c1. The number of aromatic nitrogens is 2. The Bertz CT molecular complexity index is 899. The minimum Gasteiger partial charge on any atom is -0.366 e. The first kappa shape index (κ1) is 16.6. The van der Waals surface area contributed by atoms with Crippen LogP contribution in [0.15, 0.2) is 30.3 Å². The summed E-state index contributed by atoms with van der Waals surface area (Å²) in [5, 5.41) is 3.70. The Morgan fingerprint density at radius 2 is 2.08 bits per heavy atom. The zero-order valence-corrected chi connectivity index (χ0v) is 15.2. The van der Waals surface area contributed by atoms with Gasteiger partial charge >= 0.3 is 0 Å². The molecule has 0 bridgehead atoms. The lowest BCUT2D eigenvalue weighted by molar-refractivity contribution is 0.599. The van der Waals surface area contributed by atoms with Gasteiger partial charge in [-0.05, 0) is 37.0 Å². The second kappa shape index (κ2) is 6.46. The lowest BCUT2D eigenvalue weighted by atomic mass is 10.2. The van der Waals surface area contributed by atoms with Gasteiger partial charge in [0, 0.05) is 25.1 Å². The van der Waals surface area contributed by atoms with Gasteiger partial charge < -0.3 is 5.32 Å². The van der Waals surface area contributed by atoms with Crippen LogP contribution in [0, 0.1) is 0 Å². The minimum atomic E-state index is -3.16. The molecule has 6 nitrogen and oxygen atoms in total. The Balaban J connectivity index is 1.49. The molecule has 1 saturated carbocycles. The second-order valence-electron chi connectivity index (χ2n) is 6.47. The summed E-state index contributed by atoms with van der Waals surface area (Å²) in [6.45, 7) is 1.09. The summed E-state index contributed by atoms with van der Waals surface area (Å²) < 4.78 is 25.6. The summed E-state index contributed by atoms with van der Waals surface area (Å²) in [7, 11) is -3.16. The van der Waals surface area contributed by atoms with Gasteiger partial charge in [0.2, 0.25) is 10.0 Å². The highest BCUT2D eigenvalue weighted by atomic mass is 35.5. The number of rotatable bonds is 5. The molecule has 25 heavy (non-hydrogen) atoms. The van der Waals surface area contributed by atoms with Crippen molar-refractivity contribution in [2.24, 2.45) is 0 Å². The third-order valence-electron chi connectivity index (χ3n) is 4.43. The molecule has 0 amide bonds. The third-order valence-corrected chi connectivity index (χ3v) is 6.49. The zero-order valence-electron chi connectivity index (χ0n) is 13.7. The molecule has 0 spiro atoms. The van der Waals surface area contributed by atoms with E-state index in [0.29, 0.717) is 36.4 Å². The van der Waals surface area contributed by atoms with Gasteiger partial charge in [-0.2, -0.15) is 0 Å². The van der Waals surface area contributed by atoms with Crippen molar-refractivity contribution in [2.45, 2.75) is 31.7 Å². The molecule has 1 aliphatic carbocycles. The summed E-state index contributed by atoms with van der Waals surface area (Å²) >= 11 is 6.08. The van der Waals surface area contributed by atoms with E-state index in [-0.39, 0.29) is 5.75 Å². The van der Waals surface area contributed by atoms with Gasteiger partial charge in [-0.1, -0.05) is 23.7 Å². The molecule has 132 valence electrons. The van der Waals surface area contributed by atoms with E-state index in [0.717, 1.165) is 29.9 Å². The molecular weight excluding hydrogens is 360 g/mol. The first-order valence-electron chi connectivity index (χ1n) is 8.39. The van der Waals surface area contributed by atoms with Crippen molar-refractivity contribution in [3.8, 4) is 0 Å². The minimum absolute atomic E-state index is 0.221. The maximum Gasteiger partial charge on any atom is 0.235 e. The number of halogens is 1. The number of sulfonamides is 1. The molecular formula is C17H19ClN4O2S. The molecule has 2 aliphatic rings. The van der Waals surface area contributed by atoms with E-state index in [1.54, 1.807) is 6.07 Å². The lowest BCUT2D eigenvalue weighted by Crippen LogP contribution is -2.25. The molecule has 1 aromatic heterocycles. The van der Waals surface area contributed by atoms with Crippen molar-refractivity contribution in [1.82, 2.24) is 9.97 Å². The summed E-state index contributed by atoms with van der Waals surface area (Å²) in [6.07, 6.45) is 2.91. The maximum atomic E-state index is 12.1. The fourth-order valence-electron chi connectivity index (χ4n) is 2.99. The zero-order chi connectivity index (χ0) is 17.4. The summed E-state index contributed by atoms with van der Waals surface area (Å²) in [4.78, 5) is 8.79. The molecule has 1 aliphatic heterocycles. The molecule has 8 heteroatoms. The Labute approximate surface area is 152 Å². The van der Waals surface area contributed by atoms with Gasteiger partial charge in [0.05, 0.1) is 11.4 Å². The van der Waals surface area contributed by atoms with Crippen LogP contribution in [0.1, 0.15) is 36.6 Å². The average Bonchev–Trinajstić information content (AvgIpc) is 3.36. The molecule has 1 N–H and O–H groups in total. The summed E-state index contributed by atoms with van der Waals surface area (Å²) in [5.41, 5.74) is 1.71. The van der Waals surface area contributed by atoms with Gasteiger partial charge in [0.1, 0.15) is 16.8 Å². The lowest BCUT2D eigenvalue weighted by Gasteiger charge is -2.18. The van der Waals surface area contributed by atoms with Crippen LogP contribution in [0.4, 0.5) is 11.5 Å². The third kappa shape index (κ3) is 3.72. The maximum absolute atomic E-state index is 12.1. The average molecular weight is 379 g/mol. The van der Waals surface area contributed by atoms with Gasteiger partial charge in [-0.3, -0.25) is 4.31 Å². The van der Waals surface area contributed by atoms with E-state index in [4.69, 9.17) is 11.6 Å². The highest BCUT2D eigenvalue weighted by Gasteiger charge is 2.28. The molecule has 2 heterocycles. The summed E-state index contributed by atoms with van der Waals surface area (Å²) in [6, 6.07) is 9.29. The van der Waals surface area contributed by atoms with Crippen molar-refractivity contribution in [3.05, 3.63) is 46.9 Å². The monoisotopic (exact) mass is 378 g/mol. The van der Waals surface area contributed by atoms with E-state index in [1.165, 1.54) is 4.31 Å². The van der Waals surface area contributed by atoms with Crippen molar-refractivity contribution in [2.75, 3.05) is 21.9 Å². The molecule has 4 rings (SSSR count). The van der Waals surface area contributed by atoms with E-state index < -0.39 is 10.0 Å². The van der Waals surface area contributed by atoms with E-state index in [1.807, 2.05) is 24.3 Å².